The third-order valence-electron chi connectivity index (χ3n) is 10.2. The van der Waals surface area contributed by atoms with Crippen molar-refractivity contribution in [2.24, 2.45) is 0 Å². The maximum atomic E-state index is 6.38. The summed E-state index contributed by atoms with van der Waals surface area (Å²) in [5.41, 5.74) is 8.55. The minimum atomic E-state index is 0.880. The van der Waals surface area contributed by atoms with E-state index in [0.717, 1.165) is 44.7 Å². The van der Waals surface area contributed by atoms with Gasteiger partial charge in [-0.25, -0.2) is 0 Å². The molecule has 4 heteroatoms. The molecule has 0 fully saturated rings. The molecule has 0 aliphatic rings. The van der Waals surface area contributed by atoms with Crippen LogP contribution in [-0.4, -0.2) is 4.57 Å². The first-order chi connectivity index (χ1) is 24.8. The molecule has 0 spiro atoms. The maximum absolute atomic E-state index is 6.38. The molecule has 11 rings (SSSR count). The van der Waals surface area contributed by atoms with E-state index in [-0.39, 0.29) is 0 Å². The van der Waals surface area contributed by atoms with E-state index in [2.05, 4.69) is 167 Å². The van der Waals surface area contributed by atoms with Crippen molar-refractivity contribution in [2.75, 3.05) is 4.90 Å². The minimum absolute atomic E-state index is 0.880. The molecule has 0 unspecified atom stereocenters. The fourth-order valence-corrected chi connectivity index (χ4v) is 9.01. The maximum Gasteiger partial charge on any atom is 0.137 e. The van der Waals surface area contributed by atoms with Crippen LogP contribution in [0.3, 0.4) is 0 Å². The molecule has 11 aromatic rings. The molecule has 0 amide bonds. The number of rotatable bonds is 4. The van der Waals surface area contributed by atoms with E-state index >= 15 is 0 Å². The lowest BCUT2D eigenvalue weighted by Crippen LogP contribution is -2.10. The first kappa shape index (κ1) is 27.6. The van der Waals surface area contributed by atoms with E-state index in [1.165, 1.54) is 52.8 Å². The summed E-state index contributed by atoms with van der Waals surface area (Å²) in [6, 6.07) is 61.3. The molecule has 0 radical (unpaired) electrons. The molecule has 3 heterocycles. The van der Waals surface area contributed by atoms with Gasteiger partial charge in [-0.2, -0.15) is 0 Å². The highest BCUT2D eigenvalue weighted by molar-refractivity contribution is 7.25. The molecular weight excluding hydrogens is 629 g/mol. The number of aromatic nitrogens is 1. The Morgan fingerprint density at radius 1 is 0.420 bits per heavy atom. The van der Waals surface area contributed by atoms with E-state index in [0.29, 0.717) is 0 Å². The number of anilines is 3. The van der Waals surface area contributed by atoms with Crippen molar-refractivity contribution < 1.29 is 4.42 Å². The van der Waals surface area contributed by atoms with Crippen molar-refractivity contribution in [2.45, 2.75) is 0 Å². The number of nitrogens with zero attached hydrogens (tertiary/aromatic N) is 2. The number of hydrogen-bond acceptors (Lipinski definition) is 3. The number of thiophene rings is 1. The van der Waals surface area contributed by atoms with Gasteiger partial charge in [0.05, 0.1) is 11.0 Å². The number of para-hydroxylation sites is 2. The molecule has 50 heavy (non-hydrogen) atoms. The fourth-order valence-electron chi connectivity index (χ4n) is 7.92. The lowest BCUT2D eigenvalue weighted by Gasteiger charge is -2.26. The van der Waals surface area contributed by atoms with Crippen LogP contribution in [0, 0.1) is 0 Å². The molecule has 8 aromatic carbocycles. The summed E-state index contributed by atoms with van der Waals surface area (Å²) in [5.74, 6) is 0. The highest BCUT2D eigenvalue weighted by Crippen LogP contribution is 2.43. The summed E-state index contributed by atoms with van der Waals surface area (Å²) in [5, 5.41) is 9.90. The predicted molar refractivity (Wildman–Crippen MR) is 213 cm³/mol. The summed E-state index contributed by atoms with van der Waals surface area (Å²) >= 11 is 1.84. The van der Waals surface area contributed by atoms with Crippen molar-refractivity contribution in [3.05, 3.63) is 170 Å². The van der Waals surface area contributed by atoms with Gasteiger partial charge >= 0.3 is 0 Å². The van der Waals surface area contributed by atoms with E-state index < -0.39 is 0 Å². The zero-order chi connectivity index (χ0) is 32.8. The molecule has 0 saturated carbocycles. The van der Waals surface area contributed by atoms with Gasteiger partial charge in [-0.05, 0) is 89.6 Å². The topological polar surface area (TPSA) is 21.3 Å². The van der Waals surface area contributed by atoms with Crippen LogP contribution < -0.4 is 4.90 Å². The van der Waals surface area contributed by atoms with Gasteiger partial charge in [-0.15, -0.1) is 11.3 Å². The Hall–Kier alpha value is -6.36. The standard InChI is InChI=1S/C46H28N2OS/c1-2-10-34-29(9-1)17-25-41-46(34)38-13-3-6-14-40(38)48(41)31-20-18-30(19-21-31)47(32-23-26-45-39(27-32)37-12-5-8-16-44(37)50-45)33-22-24-36-35-11-4-7-15-42(35)49-43(36)28-33/h1-28H. The summed E-state index contributed by atoms with van der Waals surface area (Å²) < 4.78 is 11.4. The number of furan rings is 1. The molecular formula is C46H28N2OS. The summed E-state index contributed by atoms with van der Waals surface area (Å²) in [4.78, 5) is 2.35. The third kappa shape index (κ3) is 4.03. The van der Waals surface area contributed by atoms with E-state index in [1.54, 1.807) is 0 Å². The quantitative estimate of drug-likeness (QED) is 0.188. The fraction of sp³-hybridized carbons (Fsp3) is 0. The van der Waals surface area contributed by atoms with Crippen LogP contribution in [0.15, 0.2) is 174 Å². The molecule has 0 aliphatic heterocycles. The summed E-state index contributed by atoms with van der Waals surface area (Å²) in [6.45, 7) is 0. The number of hydrogen-bond donors (Lipinski definition) is 0. The van der Waals surface area contributed by atoms with Crippen LogP contribution in [0.25, 0.3) is 80.4 Å². The Labute approximate surface area is 291 Å². The van der Waals surface area contributed by atoms with Crippen molar-refractivity contribution in [1.29, 1.82) is 0 Å². The van der Waals surface area contributed by atoms with E-state index in [1.807, 2.05) is 23.5 Å². The van der Waals surface area contributed by atoms with Crippen LogP contribution in [0.5, 0.6) is 0 Å². The second-order valence-corrected chi connectivity index (χ2v) is 14.0. The number of fused-ring (bicyclic) bond motifs is 11. The molecule has 0 bridgehead atoms. The smallest absolute Gasteiger partial charge is 0.137 e. The summed E-state index contributed by atoms with van der Waals surface area (Å²) in [7, 11) is 0. The van der Waals surface area contributed by atoms with E-state index in [9.17, 15) is 0 Å². The SMILES string of the molecule is c1ccc2c(c1)ccc1c2c2ccccc2n1-c1ccc(N(c2ccc3c(c2)oc2ccccc23)c2ccc3sc4ccccc4c3c2)cc1. The van der Waals surface area contributed by atoms with Gasteiger partial charge in [0.25, 0.3) is 0 Å². The molecule has 0 saturated heterocycles. The Kier molecular flexibility index (Phi) is 5.83. The van der Waals surface area contributed by atoms with Crippen molar-refractivity contribution in [3.63, 3.8) is 0 Å². The lowest BCUT2D eigenvalue weighted by molar-refractivity contribution is 0.669. The molecule has 3 aromatic heterocycles. The van der Waals surface area contributed by atoms with Gasteiger partial charge in [-0.3, -0.25) is 0 Å². The Morgan fingerprint density at radius 2 is 1.08 bits per heavy atom. The highest BCUT2D eigenvalue weighted by atomic mass is 32.1. The first-order valence-electron chi connectivity index (χ1n) is 16.9. The van der Waals surface area contributed by atoms with Crippen molar-refractivity contribution in [1.82, 2.24) is 4.57 Å². The molecule has 0 atom stereocenters. The Bertz CT molecular complexity index is 3110. The van der Waals surface area contributed by atoms with Crippen molar-refractivity contribution in [3.8, 4) is 5.69 Å². The van der Waals surface area contributed by atoms with Crippen molar-refractivity contribution >= 4 is 103 Å². The van der Waals surface area contributed by atoms with Gasteiger partial charge < -0.3 is 13.9 Å². The Morgan fingerprint density at radius 3 is 1.98 bits per heavy atom. The van der Waals surface area contributed by atoms with Crippen LogP contribution in [0.2, 0.25) is 0 Å². The van der Waals surface area contributed by atoms with Gasteiger partial charge in [0.2, 0.25) is 0 Å². The van der Waals surface area contributed by atoms with Crippen LogP contribution in [0.1, 0.15) is 0 Å². The second-order valence-electron chi connectivity index (χ2n) is 12.9. The monoisotopic (exact) mass is 656 g/mol. The highest BCUT2D eigenvalue weighted by Gasteiger charge is 2.19. The van der Waals surface area contributed by atoms with Gasteiger partial charge in [0.1, 0.15) is 11.2 Å². The van der Waals surface area contributed by atoms with E-state index in [4.69, 9.17) is 4.42 Å². The molecule has 0 aliphatic carbocycles. The number of benzene rings is 8. The van der Waals surface area contributed by atoms with Crippen LogP contribution in [0.4, 0.5) is 17.1 Å². The molecule has 3 nitrogen and oxygen atoms in total. The average molecular weight is 657 g/mol. The predicted octanol–water partition coefficient (Wildman–Crippen LogP) is 13.7. The van der Waals surface area contributed by atoms with Crippen LogP contribution >= 0.6 is 11.3 Å². The zero-order valence-corrected chi connectivity index (χ0v) is 27.7. The first-order valence-corrected chi connectivity index (χ1v) is 17.7. The largest absolute Gasteiger partial charge is 0.456 e. The third-order valence-corrected chi connectivity index (χ3v) is 11.3. The minimum Gasteiger partial charge on any atom is -0.456 e. The second kappa shape index (κ2) is 10.6. The van der Waals surface area contributed by atoms with Gasteiger partial charge in [0.15, 0.2) is 0 Å². The molecule has 234 valence electrons. The lowest BCUT2D eigenvalue weighted by atomic mass is 10.0. The normalized spacial score (nSPS) is 12.0. The zero-order valence-electron chi connectivity index (χ0n) is 26.9. The molecule has 0 N–H and O–H groups in total. The van der Waals surface area contributed by atoms with Crippen LogP contribution in [-0.2, 0) is 0 Å². The van der Waals surface area contributed by atoms with Gasteiger partial charge in [-0.1, -0.05) is 84.9 Å². The summed E-state index contributed by atoms with van der Waals surface area (Å²) in [6.07, 6.45) is 0. The Balaban J connectivity index is 1.11. The average Bonchev–Trinajstić information content (AvgIpc) is 3.84. The van der Waals surface area contributed by atoms with Gasteiger partial charge in [0, 0.05) is 70.5 Å².